The van der Waals surface area contributed by atoms with Gasteiger partial charge in [0.1, 0.15) is 17.1 Å². The maximum absolute atomic E-state index is 13.2. The Morgan fingerprint density at radius 1 is 1.26 bits per heavy atom. The van der Waals surface area contributed by atoms with Crippen molar-refractivity contribution in [3.8, 4) is 23.1 Å². The maximum atomic E-state index is 13.2. The summed E-state index contributed by atoms with van der Waals surface area (Å²) in [5, 5.41) is 8.91. The van der Waals surface area contributed by atoms with E-state index >= 15 is 0 Å². The monoisotopic (exact) mass is 539 g/mol. The fourth-order valence-electron chi connectivity index (χ4n) is 5.68. The molecule has 0 bridgehead atoms. The van der Waals surface area contributed by atoms with Crippen molar-refractivity contribution in [3.05, 3.63) is 52.8 Å². The van der Waals surface area contributed by atoms with Crippen molar-refractivity contribution >= 4 is 17.6 Å². The molecular weight excluding hydrogens is 511 g/mol. The number of nitrogens with two attached hydrogens (primary N) is 2. The lowest BCUT2D eigenvalue weighted by molar-refractivity contribution is -0.137. The average molecular weight is 540 g/mol. The SMILES string of the molecule is CC#CC(=O)N1CCC2(CC(n3nc(-c4cnn(Cc5cc(C(F)(F)F)ccc5C)c4)c(C(N)=O)c3N)C2)C1. The second-order valence-corrected chi connectivity index (χ2v) is 10.4. The zero-order valence-electron chi connectivity index (χ0n) is 21.5. The summed E-state index contributed by atoms with van der Waals surface area (Å²) in [5.74, 6) is 4.47. The third kappa shape index (κ3) is 4.84. The van der Waals surface area contributed by atoms with Gasteiger partial charge in [0.15, 0.2) is 0 Å². The molecule has 1 aliphatic heterocycles. The van der Waals surface area contributed by atoms with E-state index < -0.39 is 17.6 Å². The number of anilines is 1. The van der Waals surface area contributed by atoms with E-state index in [1.54, 1.807) is 29.6 Å². The van der Waals surface area contributed by atoms with Crippen molar-refractivity contribution in [2.45, 2.75) is 51.9 Å². The Morgan fingerprint density at radius 3 is 2.67 bits per heavy atom. The maximum Gasteiger partial charge on any atom is 0.416 e. The zero-order valence-corrected chi connectivity index (χ0v) is 21.5. The largest absolute Gasteiger partial charge is 0.416 e. The third-order valence-corrected chi connectivity index (χ3v) is 7.75. The minimum atomic E-state index is -4.45. The van der Waals surface area contributed by atoms with E-state index in [0.717, 1.165) is 31.4 Å². The number of aromatic nitrogens is 4. The lowest BCUT2D eigenvalue weighted by Crippen LogP contribution is -2.42. The van der Waals surface area contributed by atoms with Crippen molar-refractivity contribution in [1.29, 1.82) is 0 Å². The highest BCUT2D eigenvalue weighted by Gasteiger charge is 2.51. The molecule has 5 rings (SSSR count). The molecule has 2 amide bonds. The molecule has 1 saturated carbocycles. The van der Waals surface area contributed by atoms with Gasteiger partial charge in [-0.1, -0.05) is 12.0 Å². The number of carbonyl (C=O) groups excluding carboxylic acids is 2. The van der Waals surface area contributed by atoms with Crippen molar-refractivity contribution in [3.63, 3.8) is 0 Å². The van der Waals surface area contributed by atoms with Gasteiger partial charge >= 0.3 is 6.18 Å². The molecule has 9 nitrogen and oxygen atoms in total. The number of benzene rings is 1. The Hall–Kier alpha value is -4.27. The lowest BCUT2D eigenvalue weighted by Gasteiger charge is -2.45. The van der Waals surface area contributed by atoms with Crippen LogP contribution in [0.3, 0.4) is 0 Å². The molecule has 1 aliphatic carbocycles. The predicted octanol–water partition coefficient (Wildman–Crippen LogP) is 3.38. The molecule has 1 spiro atoms. The Kier molecular flexibility index (Phi) is 6.40. The van der Waals surface area contributed by atoms with Gasteiger partial charge in [-0.05, 0) is 67.7 Å². The summed E-state index contributed by atoms with van der Waals surface area (Å²) in [5.41, 5.74) is 13.2. The molecule has 1 saturated heterocycles. The highest BCUT2D eigenvalue weighted by Crippen LogP contribution is 2.54. The molecular formula is C27H28F3N7O2. The van der Waals surface area contributed by atoms with Crippen molar-refractivity contribution in [1.82, 2.24) is 24.5 Å². The number of hydrogen-bond donors (Lipinski definition) is 2. The van der Waals surface area contributed by atoms with Crippen LogP contribution < -0.4 is 11.5 Å². The summed E-state index contributed by atoms with van der Waals surface area (Å²) in [6.07, 6.45) is 0.990. The molecule has 204 valence electrons. The fraction of sp³-hybridized carbons (Fsp3) is 0.407. The normalized spacial score (nSPS) is 20.5. The molecule has 0 unspecified atom stereocenters. The molecule has 12 heteroatoms. The lowest BCUT2D eigenvalue weighted by atomic mass is 9.65. The van der Waals surface area contributed by atoms with Gasteiger partial charge < -0.3 is 16.4 Å². The number of alkyl halides is 3. The highest BCUT2D eigenvalue weighted by molar-refractivity contribution is 6.03. The van der Waals surface area contributed by atoms with Crippen molar-refractivity contribution in [2.75, 3.05) is 18.8 Å². The van der Waals surface area contributed by atoms with Gasteiger partial charge in [-0.25, -0.2) is 4.68 Å². The van der Waals surface area contributed by atoms with Crippen LogP contribution in [0.5, 0.6) is 0 Å². The number of hydrogen-bond acceptors (Lipinski definition) is 5. The van der Waals surface area contributed by atoms with E-state index in [4.69, 9.17) is 11.5 Å². The number of aryl methyl sites for hydroxylation is 1. The van der Waals surface area contributed by atoms with Crippen molar-refractivity contribution in [2.24, 2.45) is 11.1 Å². The topological polar surface area (TPSA) is 125 Å². The summed E-state index contributed by atoms with van der Waals surface area (Å²) in [6, 6.07) is 3.52. The van der Waals surface area contributed by atoms with E-state index in [2.05, 4.69) is 22.0 Å². The number of carbonyl (C=O) groups is 2. The van der Waals surface area contributed by atoms with Gasteiger partial charge in [-0.3, -0.25) is 14.3 Å². The second kappa shape index (κ2) is 9.48. The Bertz CT molecular complexity index is 1520. The zero-order chi connectivity index (χ0) is 28.1. The highest BCUT2D eigenvalue weighted by atomic mass is 19.4. The summed E-state index contributed by atoms with van der Waals surface area (Å²) in [6.45, 7) is 4.73. The van der Waals surface area contributed by atoms with Crippen LogP contribution in [0.4, 0.5) is 19.0 Å². The fourth-order valence-corrected chi connectivity index (χ4v) is 5.68. The minimum Gasteiger partial charge on any atom is -0.383 e. The van der Waals surface area contributed by atoms with E-state index in [9.17, 15) is 22.8 Å². The molecule has 3 heterocycles. The molecule has 1 aromatic carbocycles. The number of primary amides is 1. The molecule has 4 N–H and O–H groups in total. The van der Waals surface area contributed by atoms with Crippen LogP contribution in [0.25, 0.3) is 11.3 Å². The van der Waals surface area contributed by atoms with Gasteiger partial charge in [-0.2, -0.15) is 23.4 Å². The Morgan fingerprint density at radius 2 is 2.00 bits per heavy atom. The quantitative estimate of drug-likeness (QED) is 0.481. The summed E-state index contributed by atoms with van der Waals surface area (Å²) in [7, 11) is 0. The molecule has 2 fully saturated rings. The van der Waals surface area contributed by atoms with Crippen LogP contribution in [-0.2, 0) is 17.5 Å². The van der Waals surface area contributed by atoms with Crippen LogP contribution in [0.1, 0.15) is 59.3 Å². The van der Waals surface area contributed by atoms with Crippen LogP contribution in [0.15, 0.2) is 30.6 Å². The van der Waals surface area contributed by atoms with Gasteiger partial charge in [0.25, 0.3) is 11.8 Å². The van der Waals surface area contributed by atoms with Crippen LogP contribution in [0, 0.1) is 24.2 Å². The Balaban J connectivity index is 1.37. The van der Waals surface area contributed by atoms with Crippen LogP contribution in [0.2, 0.25) is 0 Å². The van der Waals surface area contributed by atoms with E-state index in [1.807, 2.05) is 0 Å². The molecule has 2 aliphatic rings. The number of amides is 2. The number of nitrogen functional groups attached to an aromatic ring is 1. The average Bonchev–Trinajstić information content (AvgIpc) is 3.56. The Labute approximate surface area is 222 Å². The predicted molar refractivity (Wildman–Crippen MR) is 137 cm³/mol. The van der Waals surface area contributed by atoms with Gasteiger partial charge in [0.2, 0.25) is 0 Å². The number of nitrogens with zero attached hydrogens (tertiary/aromatic N) is 5. The molecule has 39 heavy (non-hydrogen) atoms. The first-order chi connectivity index (χ1) is 18.4. The van der Waals surface area contributed by atoms with Gasteiger partial charge in [0.05, 0.1) is 24.3 Å². The van der Waals surface area contributed by atoms with Crippen molar-refractivity contribution < 1.29 is 22.8 Å². The molecule has 2 aromatic heterocycles. The smallest absolute Gasteiger partial charge is 0.383 e. The number of rotatable bonds is 5. The van der Waals surface area contributed by atoms with Gasteiger partial charge in [-0.15, -0.1) is 0 Å². The summed E-state index contributed by atoms with van der Waals surface area (Å²) >= 11 is 0. The van der Waals surface area contributed by atoms with Gasteiger partial charge in [0, 0.05) is 24.8 Å². The number of likely N-dealkylation sites (tertiary alicyclic amines) is 1. The first kappa shape index (κ1) is 26.3. The number of halogens is 3. The molecule has 0 radical (unpaired) electrons. The van der Waals surface area contributed by atoms with E-state index in [1.165, 1.54) is 16.9 Å². The first-order valence-corrected chi connectivity index (χ1v) is 12.5. The molecule has 3 aromatic rings. The summed E-state index contributed by atoms with van der Waals surface area (Å²) < 4.78 is 42.7. The van der Waals surface area contributed by atoms with E-state index in [0.29, 0.717) is 29.8 Å². The summed E-state index contributed by atoms with van der Waals surface area (Å²) in [4.78, 5) is 26.3. The third-order valence-electron chi connectivity index (χ3n) is 7.75. The van der Waals surface area contributed by atoms with E-state index in [-0.39, 0.29) is 41.0 Å². The standard InChI is InChI=1S/C27H28F3N7O2/c1-3-4-21(38)35-8-7-26(15-35)10-20(11-26)37-24(31)22(25(32)39)23(34-37)18-12-33-36(14-18)13-17-9-19(27(28,29)30)6-5-16(17)2/h5-6,9,12,14,20H,7-8,10-11,13,15,31H2,1-2H3,(H2,32,39). The molecule has 0 atom stereocenters. The second-order valence-electron chi connectivity index (χ2n) is 10.4. The van der Waals surface area contributed by atoms with Crippen LogP contribution >= 0.6 is 0 Å². The van der Waals surface area contributed by atoms with Crippen LogP contribution in [-0.4, -0.2) is 49.4 Å². The first-order valence-electron chi connectivity index (χ1n) is 12.5. The minimum absolute atomic E-state index is 0.0329.